The van der Waals surface area contributed by atoms with E-state index in [4.69, 9.17) is 0 Å². The lowest BCUT2D eigenvalue weighted by Crippen LogP contribution is -2.55. The second-order valence-electron chi connectivity index (χ2n) is 6.19. The molecule has 0 radical (unpaired) electrons. The van der Waals surface area contributed by atoms with E-state index in [0.29, 0.717) is 26.2 Å². The van der Waals surface area contributed by atoms with Crippen molar-refractivity contribution in [2.75, 3.05) is 39.3 Å². The lowest BCUT2D eigenvalue weighted by Gasteiger charge is -2.39. The fourth-order valence-corrected chi connectivity index (χ4v) is 2.73. The van der Waals surface area contributed by atoms with Crippen LogP contribution in [-0.2, 0) is 9.59 Å². The van der Waals surface area contributed by atoms with Gasteiger partial charge in [-0.25, -0.2) is 0 Å². The normalized spacial score (nSPS) is 17.5. The maximum Gasteiger partial charge on any atom is 0.397 e. The Kier molecular flexibility index (Phi) is 7.26. The van der Waals surface area contributed by atoms with Crippen LogP contribution >= 0.6 is 0 Å². The summed E-state index contributed by atoms with van der Waals surface area (Å²) < 4.78 is 36.9. The fourth-order valence-electron chi connectivity index (χ4n) is 2.73. The highest BCUT2D eigenvalue weighted by Crippen LogP contribution is 2.21. The first kappa shape index (κ1) is 20.5. The van der Waals surface area contributed by atoms with Crippen molar-refractivity contribution < 1.29 is 22.8 Å². The van der Waals surface area contributed by atoms with Gasteiger partial charge in [-0.1, -0.05) is 12.2 Å². The highest BCUT2D eigenvalue weighted by Gasteiger charge is 2.35. The number of alkyl halides is 3. The van der Waals surface area contributed by atoms with Gasteiger partial charge < -0.3 is 9.80 Å². The first-order valence-electron chi connectivity index (χ1n) is 8.07. The topological polar surface area (TPSA) is 43.9 Å². The van der Waals surface area contributed by atoms with Gasteiger partial charge in [-0.2, -0.15) is 13.2 Å². The Balaban J connectivity index is 2.55. The zero-order valence-electron chi connectivity index (χ0n) is 14.5. The Bertz CT molecular complexity index is 472. The van der Waals surface area contributed by atoms with Gasteiger partial charge in [0, 0.05) is 39.3 Å². The zero-order valence-corrected chi connectivity index (χ0v) is 14.5. The van der Waals surface area contributed by atoms with Crippen LogP contribution in [0.2, 0.25) is 0 Å². The second kappa shape index (κ2) is 8.50. The summed E-state index contributed by atoms with van der Waals surface area (Å²) >= 11 is 0. The number of carbonyl (C=O) groups is 2. The van der Waals surface area contributed by atoms with Gasteiger partial charge in [0.1, 0.15) is 6.42 Å². The molecule has 1 saturated heterocycles. The van der Waals surface area contributed by atoms with E-state index in [9.17, 15) is 22.8 Å². The number of hydrogen-bond acceptors (Lipinski definition) is 3. The van der Waals surface area contributed by atoms with Crippen LogP contribution in [0.4, 0.5) is 13.2 Å². The molecule has 0 bridgehead atoms. The van der Waals surface area contributed by atoms with Crippen molar-refractivity contribution in [3.05, 3.63) is 12.2 Å². The van der Waals surface area contributed by atoms with Gasteiger partial charge in [0.05, 0.1) is 6.04 Å². The van der Waals surface area contributed by atoms with Crippen molar-refractivity contribution >= 4 is 11.8 Å². The van der Waals surface area contributed by atoms with Crippen LogP contribution in [-0.4, -0.2) is 78.0 Å². The molecule has 24 heavy (non-hydrogen) atoms. The molecule has 0 aromatic rings. The third-order valence-electron chi connectivity index (χ3n) is 4.08. The molecule has 1 unspecified atom stereocenters. The first-order chi connectivity index (χ1) is 11.0. The van der Waals surface area contributed by atoms with Crippen molar-refractivity contribution in [2.45, 2.75) is 39.4 Å². The van der Waals surface area contributed by atoms with Crippen LogP contribution < -0.4 is 0 Å². The summed E-state index contributed by atoms with van der Waals surface area (Å²) in [5, 5.41) is 0. The van der Waals surface area contributed by atoms with E-state index in [2.05, 4.69) is 6.58 Å². The minimum Gasteiger partial charge on any atom is -0.340 e. The Morgan fingerprint density at radius 1 is 1.21 bits per heavy atom. The molecule has 1 rings (SSSR count). The minimum atomic E-state index is -4.48. The standard InChI is InChI=1S/C16H26F3N3O2/c1-5-20(11-12(2)3)15(24)13(4)21-6-8-22(9-7-21)14(23)10-16(17,18)19/h13H,2,5-11H2,1,3-4H3. The van der Waals surface area contributed by atoms with Crippen LogP contribution in [0, 0.1) is 0 Å². The van der Waals surface area contributed by atoms with Crippen LogP contribution in [0.1, 0.15) is 27.2 Å². The molecule has 1 atom stereocenters. The number of halogens is 3. The maximum atomic E-state index is 12.5. The van der Waals surface area contributed by atoms with Crippen molar-refractivity contribution in [1.82, 2.24) is 14.7 Å². The molecule has 1 aliphatic heterocycles. The van der Waals surface area contributed by atoms with Gasteiger partial charge in [0.15, 0.2) is 0 Å². The van der Waals surface area contributed by atoms with E-state index in [1.165, 1.54) is 4.90 Å². The molecule has 1 heterocycles. The third-order valence-corrected chi connectivity index (χ3v) is 4.08. The van der Waals surface area contributed by atoms with Crippen LogP contribution in [0.15, 0.2) is 12.2 Å². The summed E-state index contributed by atoms with van der Waals surface area (Å²) in [6.07, 6.45) is -5.91. The smallest absolute Gasteiger partial charge is 0.340 e. The number of carbonyl (C=O) groups excluding carboxylic acids is 2. The molecule has 8 heteroatoms. The van der Waals surface area contributed by atoms with Gasteiger partial charge in [-0.3, -0.25) is 14.5 Å². The zero-order chi connectivity index (χ0) is 18.5. The lowest BCUT2D eigenvalue weighted by atomic mass is 10.2. The summed E-state index contributed by atoms with van der Waals surface area (Å²) in [5.41, 5.74) is 0.889. The summed E-state index contributed by atoms with van der Waals surface area (Å²) in [7, 11) is 0. The summed E-state index contributed by atoms with van der Waals surface area (Å²) in [5.74, 6) is -0.936. The van der Waals surface area contributed by atoms with E-state index < -0.39 is 18.5 Å². The number of hydrogen-bond donors (Lipinski definition) is 0. The molecule has 0 aliphatic carbocycles. The van der Waals surface area contributed by atoms with Gasteiger partial charge in [-0.05, 0) is 20.8 Å². The molecule has 1 fully saturated rings. The largest absolute Gasteiger partial charge is 0.397 e. The third kappa shape index (κ3) is 6.14. The first-order valence-corrected chi connectivity index (χ1v) is 8.07. The molecule has 0 aromatic heterocycles. The highest BCUT2D eigenvalue weighted by atomic mass is 19.4. The molecular formula is C16H26F3N3O2. The highest BCUT2D eigenvalue weighted by molar-refractivity contribution is 5.82. The van der Waals surface area contributed by atoms with Crippen molar-refractivity contribution in [1.29, 1.82) is 0 Å². The SMILES string of the molecule is C=C(C)CN(CC)C(=O)C(C)N1CCN(C(=O)CC(F)(F)F)CC1. The molecule has 138 valence electrons. The van der Waals surface area contributed by atoms with E-state index >= 15 is 0 Å². The van der Waals surface area contributed by atoms with Crippen LogP contribution in [0.5, 0.6) is 0 Å². The number of nitrogens with zero attached hydrogens (tertiary/aromatic N) is 3. The Labute approximate surface area is 141 Å². The predicted octanol–water partition coefficient (Wildman–Crippen LogP) is 1.90. The van der Waals surface area contributed by atoms with Crippen molar-refractivity contribution in [3.8, 4) is 0 Å². The summed E-state index contributed by atoms with van der Waals surface area (Å²) in [6.45, 7) is 11.6. The van der Waals surface area contributed by atoms with Gasteiger partial charge >= 0.3 is 6.18 Å². The van der Waals surface area contributed by atoms with Gasteiger partial charge in [0.25, 0.3) is 0 Å². The average molecular weight is 349 g/mol. The molecule has 2 amide bonds. The average Bonchev–Trinajstić information content (AvgIpc) is 2.49. The quantitative estimate of drug-likeness (QED) is 0.688. The molecule has 1 aliphatic rings. The molecular weight excluding hydrogens is 323 g/mol. The van der Waals surface area contributed by atoms with Gasteiger partial charge in [0.2, 0.25) is 11.8 Å². The molecule has 0 aromatic carbocycles. The molecule has 5 nitrogen and oxygen atoms in total. The van der Waals surface area contributed by atoms with Gasteiger partial charge in [-0.15, -0.1) is 0 Å². The van der Waals surface area contributed by atoms with Crippen molar-refractivity contribution in [2.24, 2.45) is 0 Å². The van der Waals surface area contributed by atoms with Crippen molar-refractivity contribution in [3.63, 3.8) is 0 Å². The number of amides is 2. The number of rotatable bonds is 6. The number of piperazine rings is 1. The summed E-state index contributed by atoms with van der Waals surface area (Å²) in [6, 6.07) is -0.371. The predicted molar refractivity (Wildman–Crippen MR) is 85.4 cm³/mol. The Morgan fingerprint density at radius 2 is 1.75 bits per heavy atom. The van der Waals surface area contributed by atoms with Crippen LogP contribution in [0.3, 0.4) is 0 Å². The minimum absolute atomic E-state index is 0.0319. The van der Waals surface area contributed by atoms with E-state index in [1.54, 1.807) is 11.8 Å². The molecule has 0 saturated carbocycles. The fraction of sp³-hybridized carbons (Fsp3) is 0.750. The van der Waals surface area contributed by atoms with E-state index in [1.807, 2.05) is 18.7 Å². The molecule has 0 N–H and O–H groups in total. The van der Waals surface area contributed by atoms with E-state index in [-0.39, 0.29) is 25.0 Å². The van der Waals surface area contributed by atoms with E-state index in [0.717, 1.165) is 5.57 Å². The Hall–Kier alpha value is -1.57. The monoisotopic (exact) mass is 349 g/mol. The second-order valence-corrected chi connectivity index (χ2v) is 6.19. The maximum absolute atomic E-state index is 12.5. The Morgan fingerprint density at radius 3 is 2.17 bits per heavy atom. The number of likely N-dealkylation sites (N-methyl/N-ethyl adjacent to an activating group) is 1. The molecule has 0 spiro atoms. The lowest BCUT2D eigenvalue weighted by molar-refractivity contribution is -0.162. The van der Waals surface area contributed by atoms with Crippen LogP contribution in [0.25, 0.3) is 0 Å². The summed E-state index contributed by atoms with van der Waals surface area (Å²) in [4.78, 5) is 28.9.